The number of likely N-dealkylation sites (tertiary alicyclic amines) is 1. The molecule has 1 saturated carbocycles. The molecule has 0 spiro atoms. The van der Waals surface area contributed by atoms with Gasteiger partial charge in [0.25, 0.3) is 0 Å². The summed E-state index contributed by atoms with van der Waals surface area (Å²) in [7, 11) is 0. The number of aliphatic hydroxyl groups is 1. The van der Waals surface area contributed by atoms with E-state index in [1.807, 2.05) is 0 Å². The highest BCUT2D eigenvalue weighted by molar-refractivity contribution is 4.77. The van der Waals surface area contributed by atoms with E-state index >= 15 is 0 Å². The number of rotatable bonds is 2. The van der Waals surface area contributed by atoms with Crippen LogP contribution in [0, 0.1) is 5.92 Å². The molecule has 1 heterocycles. The molecule has 1 atom stereocenters. The molecule has 1 unspecified atom stereocenters. The van der Waals surface area contributed by atoms with Crippen LogP contribution in [0.15, 0.2) is 0 Å². The molecule has 0 radical (unpaired) electrons. The highest BCUT2D eigenvalue weighted by atomic mass is 16.3. The number of nitrogens with zero attached hydrogens (tertiary/aromatic N) is 1. The highest BCUT2D eigenvalue weighted by Crippen LogP contribution is 2.30. The van der Waals surface area contributed by atoms with Gasteiger partial charge in [0, 0.05) is 13.1 Å². The molecule has 0 bridgehead atoms. The molecule has 2 aliphatic rings. The normalized spacial score (nSPS) is 29.3. The second-order valence-electron chi connectivity index (χ2n) is 4.55. The van der Waals surface area contributed by atoms with Crippen LogP contribution in [0.25, 0.3) is 0 Å². The fourth-order valence-electron chi connectivity index (χ4n) is 2.74. The molecule has 1 N–H and O–H groups in total. The molecule has 2 fully saturated rings. The van der Waals surface area contributed by atoms with Crippen LogP contribution in [-0.2, 0) is 0 Å². The van der Waals surface area contributed by atoms with E-state index in [2.05, 4.69) is 4.90 Å². The van der Waals surface area contributed by atoms with Crippen molar-refractivity contribution in [1.82, 2.24) is 4.90 Å². The van der Waals surface area contributed by atoms with E-state index in [1.54, 1.807) is 0 Å². The summed E-state index contributed by atoms with van der Waals surface area (Å²) in [6, 6.07) is 0. The van der Waals surface area contributed by atoms with Crippen molar-refractivity contribution in [3.63, 3.8) is 0 Å². The average molecular weight is 183 g/mol. The maximum atomic E-state index is 10.1. The SMILES string of the molecule is OC(C1CCCC1)N1CCCCC1. The predicted molar refractivity (Wildman–Crippen MR) is 53.4 cm³/mol. The van der Waals surface area contributed by atoms with Crippen LogP contribution < -0.4 is 0 Å². The Labute approximate surface area is 80.9 Å². The van der Waals surface area contributed by atoms with Crippen molar-refractivity contribution < 1.29 is 5.11 Å². The van der Waals surface area contributed by atoms with Gasteiger partial charge in [-0.2, -0.15) is 0 Å². The molecule has 76 valence electrons. The van der Waals surface area contributed by atoms with Gasteiger partial charge in [0.15, 0.2) is 0 Å². The Morgan fingerprint density at radius 3 is 2.15 bits per heavy atom. The Kier molecular flexibility index (Phi) is 3.23. The minimum atomic E-state index is -0.122. The first-order chi connectivity index (χ1) is 6.38. The van der Waals surface area contributed by atoms with Gasteiger partial charge in [0.2, 0.25) is 0 Å². The van der Waals surface area contributed by atoms with Crippen LogP contribution in [0.4, 0.5) is 0 Å². The van der Waals surface area contributed by atoms with Gasteiger partial charge in [-0.3, -0.25) is 4.90 Å². The third-order valence-corrected chi connectivity index (χ3v) is 3.59. The van der Waals surface area contributed by atoms with E-state index in [4.69, 9.17) is 0 Å². The summed E-state index contributed by atoms with van der Waals surface area (Å²) in [5.74, 6) is 0.582. The second-order valence-corrected chi connectivity index (χ2v) is 4.55. The van der Waals surface area contributed by atoms with Gasteiger partial charge in [-0.25, -0.2) is 0 Å². The van der Waals surface area contributed by atoms with Crippen molar-refractivity contribution in [3.05, 3.63) is 0 Å². The van der Waals surface area contributed by atoms with Crippen molar-refractivity contribution in [2.75, 3.05) is 13.1 Å². The Hall–Kier alpha value is -0.0800. The van der Waals surface area contributed by atoms with E-state index in [0.717, 1.165) is 13.1 Å². The molecule has 0 aromatic heterocycles. The van der Waals surface area contributed by atoms with Crippen molar-refractivity contribution in [2.45, 2.75) is 51.2 Å². The van der Waals surface area contributed by atoms with Crippen LogP contribution in [-0.4, -0.2) is 29.3 Å². The zero-order valence-corrected chi connectivity index (χ0v) is 8.41. The Balaban J connectivity index is 1.83. The average Bonchev–Trinajstić information content (AvgIpc) is 2.71. The summed E-state index contributed by atoms with van der Waals surface area (Å²) in [4.78, 5) is 2.29. The van der Waals surface area contributed by atoms with Crippen LogP contribution >= 0.6 is 0 Å². The minimum Gasteiger partial charge on any atom is -0.378 e. The summed E-state index contributed by atoms with van der Waals surface area (Å²) >= 11 is 0. The summed E-state index contributed by atoms with van der Waals surface area (Å²) in [6.45, 7) is 2.25. The monoisotopic (exact) mass is 183 g/mol. The molecule has 0 amide bonds. The standard InChI is InChI=1S/C11H21NO/c13-11(10-6-2-3-7-10)12-8-4-1-5-9-12/h10-11,13H,1-9H2. The lowest BCUT2D eigenvalue weighted by molar-refractivity contribution is -0.0471. The van der Waals surface area contributed by atoms with E-state index in [-0.39, 0.29) is 6.23 Å². The minimum absolute atomic E-state index is 0.122. The first-order valence-corrected chi connectivity index (χ1v) is 5.80. The largest absolute Gasteiger partial charge is 0.378 e. The summed E-state index contributed by atoms with van der Waals surface area (Å²) < 4.78 is 0. The Morgan fingerprint density at radius 1 is 0.923 bits per heavy atom. The van der Waals surface area contributed by atoms with Crippen molar-refractivity contribution in [2.24, 2.45) is 5.92 Å². The maximum absolute atomic E-state index is 10.1. The first-order valence-electron chi connectivity index (χ1n) is 5.80. The lowest BCUT2D eigenvalue weighted by atomic mass is 10.0. The Morgan fingerprint density at radius 2 is 1.54 bits per heavy atom. The van der Waals surface area contributed by atoms with E-state index in [9.17, 15) is 5.11 Å². The number of aliphatic hydroxyl groups excluding tert-OH is 1. The number of hydrogen-bond donors (Lipinski definition) is 1. The highest BCUT2D eigenvalue weighted by Gasteiger charge is 2.28. The maximum Gasteiger partial charge on any atom is 0.110 e. The molecule has 2 rings (SSSR count). The first kappa shape index (κ1) is 9.47. The van der Waals surface area contributed by atoms with Gasteiger partial charge in [0.05, 0.1) is 0 Å². The van der Waals surface area contributed by atoms with Crippen molar-refractivity contribution in [1.29, 1.82) is 0 Å². The van der Waals surface area contributed by atoms with Gasteiger partial charge in [-0.05, 0) is 31.6 Å². The van der Waals surface area contributed by atoms with Crippen molar-refractivity contribution >= 4 is 0 Å². The third-order valence-electron chi connectivity index (χ3n) is 3.59. The summed E-state index contributed by atoms with van der Waals surface area (Å²) in [5, 5.41) is 10.1. The van der Waals surface area contributed by atoms with Gasteiger partial charge in [0.1, 0.15) is 6.23 Å². The van der Waals surface area contributed by atoms with E-state index < -0.39 is 0 Å². The molecule has 2 nitrogen and oxygen atoms in total. The second kappa shape index (κ2) is 4.43. The topological polar surface area (TPSA) is 23.5 Å². The zero-order valence-electron chi connectivity index (χ0n) is 8.41. The van der Waals surface area contributed by atoms with Gasteiger partial charge in [-0.15, -0.1) is 0 Å². The molecule has 0 aromatic rings. The molecule has 2 heteroatoms. The number of piperidine rings is 1. The molecule has 1 aliphatic carbocycles. The number of hydrogen-bond acceptors (Lipinski definition) is 2. The van der Waals surface area contributed by atoms with Gasteiger partial charge >= 0.3 is 0 Å². The molecule has 1 saturated heterocycles. The lowest BCUT2D eigenvalue weighted by Crippen LogP contribution is -2.42. The van der Waals surface area contributed by atoms with E-state index in [0.29, 0.717) is 5.92 Å². The van der Waals surface area contributed by atoms with Crippen LogP contribution in [0.5, 0.6) is 0 Å². The lowest BCUT2D eigenvalue weighted by Gasteiger charge is -2.34. The molecule has 1 aliphatic heterocycles. The van der Waals surface area contributed by atoms with Gasteiger partial charge < -0.3 is 5.11 Å². The Bertz CT molecular complexity index is 148. The molecular formula is C11H21NO. The van der Waals surface area contributed by atoms with Crippen molar-refractivity contribution in [3.8, 4) is 0 Å². The quantitative estimate of drug-likeness (QED) is 0.707. The van der Waals surface area contributed by atoms with Crippen LogP contribution in [0.1, 0.15) is 44.9 Å². The predicted octanol–water partition coefficient (Wildman–Crippen LogP) is 1.98. The van der Waals surface area contributed by atoms with Crippen LogP contribution in [0.2, 0.25) is 0 Å². The smallest absolute Gasteiger partial charge is 0.110 e. The molecule has 0 aromatic carbocycles. The van der Waals surface area contributed by atoms with Crippen LogP contribution in [0.3, 0.4) is 0 Å². The summed E-state index contributed by atoms with van der Waals surface area (Å²) in [6.07, 6.45) is 8.95. The third kappa shape index (κ3) is 2.23. The van der Waals surface area contributed by atoms with E-state index in [1.165, 1.54) is 44.9 Å². The van der Waals surface area contributed by atoms with Gasteiger partial charge in [-0.1, -0.05) is 19.3 Å². The fraction of sp³-hybridized carbons (Fsp3) is 1.00. The zero-order chi connectivity index (χ0) is 9.10. The molecular weight excluding hydrogens is 162 g/mol. The fourth-order valence-corrected chi connectivity index (χ4v) is 2.74. The molecule has 13 heavy (non-hydrogen) atoms. The summed E-state index contributed by atoms with van der Waals surface area (Å²) in [5.41, 5.74) is 0.